The minimum Gasteiger partial charge on any atom is -0.441 e. The summed E-state index contributed by atoms with van der Waals surface area (Å²) in [7, 11) is 0. The van der Waals surface area contributed by atoms with Gasteiger partial charge in [-0.05, 0) is 62.7 Å². The standard InChI is InChI=1S/C16H14ClN3O/c1-16(2,3)20-12-5-4-10(9-18)8-11(12)19-15(20)13-6-7-14(17)21-13/h4-8H,1-3H3. The molecule has 0 fully saturated rings. The molecule has 4 nitrogen and oxygen atoms in total. The molecule has 0 aliphatic carbocycles. The summed E-state index contributed by atoms with van der Waals surface area (Å²) in [4.78, 5) is 4.63. The zero-order valence-electron chi connectivity index (χ0n) is 12.0. The van der Waals surface area contributed by atoms with Gasteiger partial charge in [0.2, 0.25) is 0 Å². The van der Waals surface area contributed by atoms with Crippen molar-refractivity contribution in [2.24, 2.45) is 0 Å². The quantitative estimate of drug-likeness (QED) is 0.661. The Morgan fingerprint density at radius 2 is 2.00 bits per heavy atom. The second-order valence-corrected chi connectivity index (χ2v) is 6.23. The van der Waals surface area contributed by atoms with E-state index in [1.54, 1.807) is 24.3 Å². The van der Waals surface area contributed by atoms with Crippen molar-refractivity contribution in [3.05, 3.63) is 41.1 Å². The van der Waals surface area contributed by atoms with Crippen LogP contribution in [0.4, 0.5) is 0 Å². The Bertz CT molecular complexity index is 862. The lowest BCUT2D eigenvalue weighted by Gasteiger charge is -2.24. The molecular weight excluding hydrogens is 286 g/mol. The number of nitrogens with zero attached hydrogens (tertiary/aromatic N) is 3. The van der Waals surface area contributed by atoms with E-state index < -0.39 is 0 Å². The first-order chi connectivity index (χ1) is 9.90. The maximum atomic E-state index is 9.03. The Hall–Kier alpha value is -2.25. The lowest BCUT2D eigenvalue weighted by atomic mass is 10.1. The molecule has 3 aromatic rings. The van der Waals surface area contributed by atoms with Gasteiger partial charge in [-0.2, -0.15) is 5.26 Å². The second kappa shape index (κ2) is 4.64. The summed E-state index contributed by atoms with van der Waals surface area (Å²) in [5.41, 5.74) is 2.14. The molecule has 0 aliphatic rings. The molecule has 0 aliphatic heterocycles. The molecule has 0 radical (unpaired) electrons. The van der Waals surface area contributed by atoms with Crippen molar-refractivity contribution in [3.8, 4) is 17.7 Å². The average Bonchev–Trinajstić information content (AvgIpc) is 3.00. The topological polar surface area (TPSA) is 54.8 Å². The lowest BCUT2D eigenvalue weighted by Crippen LogP contribution is -2.22. The van der Waals surface area contributed by atoms with Gasteiger partial charge in [-0.25, -0.2) is 4.98 Å². The van der Waals surface area contributed by atoms with Gasteiger partial charge in [0, 0.05) is 5.54 Å². The third-order valence-corrected chi connectivity index (χ3v) is 3.45. The summed E-state index contributed by atoms with van der Waals surface area (Å²) in [6.07, 6.45) is 0. The molecule has 1 aromatic carbocycles. The number of hydrogen-bond donors (Lipinski definition) is 0. The second-order valence-electron chi connectivity index (χ2n) is 5.86. The normalized spacial score (nSPS) is 11.8. The van der Waals surface area contributed by atoms with E-state index >= 15 is 0 Å². The largest absolute Gasteiger partial charge is 0.441 e. The monoisotopic (exact) mass is 299 g/mol. The third-order valence-electron chi connectivity index (χ3n) is 3.25. The van der Waals surface area contributed by atoms with E-state index in [9.17, 15) is 0 Å². The van der Waals surface area contributed by atoms with E-state index in [0.717, 1.165) is 11.0 Å². The number of benzene rings is 1. The number of rotatable bonds is 1. The first-order valence-electron chi connectivity index (χ1n) is 6.59. The van der Waals surface area contributed by atoms with Crippen LogP contribution >= 0.6 is 11.6 Å². The number of fused-ring (bicyclic) bond motifs is 1. The maximum absolute atomic E-state index is 9.03. The summed E-state index contributed by atoms with van der Waals surface area (Å²) >= 11 is 5.88. The van der Waals surface area contributed by atoms with Crippen molar-refractivity contribution in [2.75, 3.05) is 0 Å². The number of hydrogen-bond acceptors (Lipinski definition) is 3. The van der Waals surface area contributed by atoms with E-state index in [2.05, 4.69) is 36.4 Å². The van der Waals surface area contributed by atoms with E-state index in [4.69, 9.17) is 21.3 Å². The highest BCUT2D eigenvalue weighted by atomic mass is 35.5. The van der Waals surface area contributed by atoms with Crippen LogP contribution < -0.4 is 0 Å². The molecule has 0 N–H and O–H groups in total. The SMILES string of the molecule is CC(C)(C)n1c(-c2ccc(Cl)o2)nc2cc(C#N)ccc21. The highest BCUT2D eigenvalue weighted by Crippen LogP contribution is 2.33. The Kier molecular flexibility index (Phi) is 3.03. The molecule has 21 heavy (non-hydrogen) atoms. The molecule has 0 spiro atoms. The fourth-order valence-electron chi connectivity index (χ4n) is 2.43. The Balaban J connectivity index is 2.35. The van der Waals surface area contributed by atoms with Crippen LogP contribution in [0.2, 0.25) is 5.22 Å². The van der Waals surface area contributed by atoms with Crippen molar-refractivity contribution in [3.63, 3.8) is 0 Å². The minimum absolute atomic E-state index is 0.183. The molecule has 0 atom stereocenters. The van der Waals surface area contributed by atoms with Crippen LogP contribution in [0.15, 0.2) is 34.7 Å². The van der Waals surface area contributed by atoms with Crippen molar-refractivity contribution < 1.29 is 4.42 Å². The summed E-state index contributed by atoms with van der Waals surface area (Å²) in [5, 5.41) is 9.36. The summed E-state index contributed by atoms with van der Waals surface area (Å²) in [6, 6.07) is 11.1. The van der Waals surface area contributed by atoms with Gasteiger partial charge in [-0.3, -0.25) is 0 Å². The molecule has 2 aromatic heterocycles. The van der Waals surface area contributed by atoms with Gasteiger partial charge in [0.15, 0.2) is 16.8 Å². The predicted molar refractivity (Wildman–Crippen MR) is 82.2 cm³/mol. The summed E-state index contributed by atoms with van der Waals surface area (Å²) < 4.78 is 7.60. The highest BCUT2D eigenvalue weighted by Gasteiger charge is 2.24. The molecule has 0 saturated heterocycles. The van der Waals surface area contributed by atoms with E-state index in [-0.39, 0.29) is 5.54 Å². The maximum Gasteiger partial charge on any atom is 0.194 e. The Labute approximate surface area is 127 Å². The van der Waals surface area contributed by atoms with Crippen molar-refractivity contribution in [1.29, 1.82) is 5.26 Å². The van der Waals surface area contributed by atoms with Gasteiger partial charge < -0.3 is 8.98 Å². The fraction of sp³-hybridized carbons (Fsp3) is 0.250. The molecule has 0 unspecified atom stereocenters. The van der Waals surface area contributed by atoms with Crippen molar-refractivity contribution in [2.45, 2.75) is 26.3 Å². The van der Waals surface area contributed by atoms with Gasteiger partial charge in [0.25, 0.3) is 0 Å². The van der Waals surface area contributed by atoms with Gasteiger partial charge >= 0.3 is 0 Å². The van der Waals surface area contributed by atoms with Crippen LogP contribution in [0, 0.1) is 11.3 Å². The van der Waals surface area contributed by atoms with Crippen LogP contribution in [0.25, 0.3) is 22.6 Å². The molecule has 2 heterocycles. The molecule has 3 rings (SSSR count). The molecule has 0 saturated carbocycles. The Morgan fingerprint density at radius 1 is 1.24 bits per heavy atom. The highest BCUT2D eigenvalue weighted by molar-refractivity contribution is 6.28. The van der Waals surface area contributed by atoms with Crippen LogP contribution in [0.5, 0.6) is 0 Å². The fourth-order valence-corrected chi connectivity index (χ4v) is 2.57. The summed E-state index contributed by atoms with van der Waals surface area (Å²) in [6.45, 7) is 6.29. The van der Waals surface area contributed by atoms with Gasteiger partial charge in [0.05, 0.1) is 22.7 Å². The van der Waals surface area contributed by atoms with Crippen molar-refractivity contribution in [1.82, 2.24) is 9.55 Å². The van der Waals surface area contributed by atoms with Crippen molar-refractivity contribution >= 4 is 22.6 Å². The number of imidazole rings is 1. The van der Waals surface area contributed by atoms with E-state index in [1.807, 2.05) is 6.07 Å². The Morgan fingerprint density at radius 3 is 2.57 bits per heavy atom. The van der Waals surface area contributed by atoms with Gasteiger partial charge in [-0.15, -0.1) is 0 Å². The average molecular weight is 300 g/mol. The van der Waals surface area contributed by atoms with Crippen LogP contribution in [0.1, 0.15) is 26.3 Å². The van der Waals surface area contributed by atoms with E-state index in [1.165, 1.54) is 0 Å². The molecular formula is C16H14ClN3O. The van der Waals surface area contributed by atoms with Crippen LogP contribution in [-0.4, -0.2) is 9.55 Å². The third kappa shape index (κ3) is 2.30. The number of halogens is 1. The molecule has 5 heteroatoms. The van der Waals surface area contributed by atoms with Gasteiger partial charge in [0.1, 0.15) is 0 Å². The zero-order valence-corrected chi connectivity index (χ0v) is 12.8. The first kappa shape index (κ1) is 13.7. The van der Waals surface area contributed by atoms with Gasteiger partial charge in [-0.1, -0.05) is 0 Å². The smallest absolute Gasteiger partial charge is 0.194 e. The zero-order chi connectivity index (χ0) is 15.2. The predicted octanol–water partition coefficient (Wildman–Crippen LogP) is 4.58. The van der Waals surface area contributed by atoms with E-state index in [0.29, 0.717) is 22.4 Å². The van der Waals surface area contributed by atoms with Crippen LogP contribution in [-0.2, 0) is 5.54 Å². The summed E-state index contributed by atoms with van der Waals surface area (Å²) in [5.74, 6) is 1.32. The lowest BCUT2D eigenvalue weighted by molar-refractivity contribution is 0.408. The number of nitriles is 1. The molecule has 0 amide bonds. The first-order valence-corrected chi connectivity index (χ1v) is 6.97. The minimum atomic E-state index is -0.183. The van der Waals surface area contributed by atoms with Crippen LogP contribution in [0.3, 0.4) is 0 Å². The number of furan rings is 1. The number of aromatic nitrogens is 2. The molecule has 0 bridgehead atoms. The molecule has 106 valence electrons.